The number of hydrazone groups is 1. The average molecular weight is 488 g/mol. The van der Waals surface area contributed by atoms with E-state index in [9.17, 15) is 13.2 Å². The smallest absolute Gasteiger partial charge is 0.415 e. The Kier molecular flexibility index (Phi) is 8.33. The van der Waals surface area contributed by atoms with Gasteiger partial charge in [0.25, 0.3) is 0 Å². The Morgan fingerprint density at radius 3 is 2.29 bits per heavy atom. The summed E-state index contributed by atoms with van der Waals surface area (Å²) in [6.45, 7) is 7.94. The number of benzene rings is 2. The molecule has 0 saturated carbocycles. The van der Waals surface area contributed by atoms with Crippen molar-refractivity contribution in [3.63, 3.8) is 0 Å². The van der Waals surface area contributed by atoms with Crippen molar-refractivity contribution in [2.24, 2.45) is 11.0 Å². The fourth-order valence-corrected chi connectivity index (χ4v) is 5.29. The minimum atomic E-state index is -3.34. The zero-order valence-corrected chi connectivity index (χ0v) is 21.2. The number of sulfonamides is 1. The molecule has 0 spiro atoms. The molecular weight excluding hydrogens is 452 g/mol. The first kappa shape index (κ1) is 25.7. The zero-order chi connectivity index (χ0) is 24.8. The molecule has 1 heterocycles. The Bertz CT molecular complexity index is 1090. The van der Waals surface area contributed by atoms with Crippen LogP contribution < -0.4 is 5.01 Å². The lowest BCUT2D eigenvalue weighted by Gasteiger charge is -2.30. The van der Waals surface area contributed by atoms with Crippen LogP contribution in [0.5, 0.6) is 0 Å². The largest absolute Gasteiger partial charge is 0.516 e. The summed E-state index contributed by atoms with van der Waals surface area (Å²) >= 11 is 0. The van der Waals surface area contributed by atoms with E-state index in [0.717, 1.165) is 16.8 Å². The molecule has 1 amide bonds. The zero-order valence-electron chi connectivity index (χ0n) is 20.4. The third-order valence-corrected chi connectivity index (χ3v) is 7.94. The molecule has 1 aliphatic rings. The van der Waals surface area contributed by atoms with Gasteiger partial charge in [-0.15, -0.1) is 0 Å². The maximum absolute atomic E-state index is 12.8. The van der Waals surface area contributed by atoms with Crippen LogP contribution in [0.2, 0.25) is 0 Å². The van der Waals surface area contributed by atoms with Crippen LogP contribution in [0.4, 0.5) is 10.5 Å². The van der Waals surface area contributed by atoms with E-state index in [1.54, 1.807) is 5.01 Å². The van der Waals surface area contributed by atoms with Crippen molar-refractivity contribution in [1.82, 2.24) is 4.31 Å². The molecule has 9 heteroatoms. The molecule has 0 N–H and O–H groups in total. The second-order valence-electron chi connectivity index (χ2n) is 9.21. The van der Waals surface area contributed by atoms with Crippen LogP contribution in [-0.2, 0) is 27.9 Å². The fraction of sp³-hybridized carbons (Fsp3) is 0.440. The predicted octanol–water partition coefficient (Wildman–Crippen LogP) is 4.04. The summed E-state index contributed by atoms with van der Waals surface area (Å²) in [5.41, 5.74) is 2.84. The molecule has 0 bridgehead atoms. The number of nitrogens with zero attached hydrogens (tertiary/aromatic N) is 4. The van der Waals surface area contributed by atoms with Crippen molar-refractivity contribution in [2.45, 2.75) is 33.9 Å². The van der Waals surface area contributed by atoms with E-state index in [1.807, 2.05) is 82.4 Å². The lowest BCUT2D eigenvalue weighted by atomic mass is 10.1. The standard InChI is InChI=1S/C25H35N4O4S/c1-5-29(4,25(30)33-18-23-9-7-6-8-10-23)17-22-11-13-24(14-12-22)28-16-15-27(20-26-28)34(31,32)19-21(2)3/h6-14,20-21H,5,15-19H2,1-4H3/q+1. The normalized spacial score (nSPS) is 15.9. The Hall–Kier alpha value is -2.91. The summed E-state index contributed by atoms with van der Waals surface area (Å²) in [6.07, 6.45) is 1.13. The first-order valence-electron chi connectivity index (χ1n) is 11.6. The maximum Gasteiger partial charge on any atom is 0.516 e. The lowest BCUT2D eigenvalue weighted by molar-refractivity contribution is -0.849. The molecule has 1 aliphatic heterocycles. The van der Waals surface area contributed by atoms with E-state index in [0.29, 0.717) is 26.2 Å². The molecule has 3 rings (SSSR count). The quantitative estimate of drug-likeness (QED) is 0.499. The molecular formula is C25H35N4O4S+. The fourth-order valence-electron chi connectivity index (χ4n) is 3.71. The topological polar surface area (TPSA) is 79.3 Å². The van der Waals surface area contributed by atoms with E-state index in [2.05, 4.69) is 5.10 Å². The molecule has 34 heavy (non-hydrogen) atoms. The molecule has 8 nitrogen and oxygen atoms in total. The van der Waals surface area contributed by atoms with Crippen molar-refractivity contribution in [3.05, 3.63) is 65.7 Å². The number of rotatable bonds is 9. The highest BCUT2D eigenvalue weighted by Crippen LogP contribution is 2.21. The second-order valence-corrected chi connectivity index (χ2v) is 11.2. The van der Waals surface area contributed by atoms with Gasteiger partial charge in [0, 0.05) is 5.56 Å². The van der Waals surface area contributed by atoms with Crippen molar-refractivity contribution >= 4 is 28.1 Å². The lowest BCUT2D eigenvalue weighted by Crippen LogP contribution is -2.48. The Morgan fingerprint density at radius 1 is 1.06 bits per heavy atom. The third-order valence-electron chi connectivity index (χ3n) is 5.86. The number of hydrogen-bond donors (Lipinski definition) is 0. The molecule has 0 aromatic heterocycles. The molecule has 0 radical (unpaired) electrons. The van der Waals surface area contributed by atoms with Crippen LogP contribution >= 0.6 is 0 Å². The van der Waals surface area contributed by atoms with Crippen molar-refractivity contribution in [1.29, 1.82) is 0 Å². The van der Waals surface area contributed by atoms with Crippen LogP contribution in [-0.4, -0.2) is 62.1 Å². The number of amides is 1. The summed E-state index contributed by atoms with van der Waals surface area (Å²) in [4.78, 5) is 12.8. The molecule has 2 aromatic carbocycles. The van der Waals surface area contributed by atoms with E-state index in [4.69, 9.17) is 4.74 Å². The highest BCUT2D eigenvalue weighted by atomic mass is 32.2. The van der Waals surface area contributed by atoms with Crippen molar-refractivity contribution < 1.29 is 22.4 Å². The van der Waals surface area contributed by atoms with Gasteiger partial charge in [-0.25, -0.2) is 12.9 Å². The second kappa shape index (κ2) is 11.0. The molecule has 1 atom stereocenters. The minimum Gasteiger partial charge on any atom is -0.415 e. The third kappa shape index (κ3) is 6.57. The summed E-state index contributed by atoms with van der Waals surface area (Å²) in [6, 6.07) is 17.5. The van der Waals surface area contributed by atoms with E-state index in [1.165, 1.54) is 10.6 Å². The first-order valence-corrected chi connectivity index (χ1v) is 13.2. The van der Waals surface area contributed by atoms with Gasteiger partial charge in [0.2, 0.25) is 10.0 Å². The summed E-state index contributed by atoms with van der Waals surface area (Å²) in [5.74, 6) is 0.169. The molecule has 2 aromatic rings. The number of anilines is 1. The predicted molar refractivity (Wildman–Crippen MR) is 135 cm³/mol. The van der Waals surface area contributed by atoms with Gasteiger partial charge in [-0.2, -0.15) is 9.90 Å². The molecule has 0 aliphatic carbocycles. The van der Waals surface area contributed by atoms with Crippen LogP contribution in [0.1, 0.15) is 31.9 Å². The Labute approximate surface area is 203 Å². The van der Waals surface area contributed by atoms with Crippen LogP contribution in [0, 0.1) is 5.92 Å². The van der Waals surface area contributed by atoms with Gasteiger partial charge in [-0.05, 0) is 30.5 Å². The van der Waals surface area contributed by atoms with Gasteiger partial charge in [0.15, 0.2) is 0 Å². The number of hydrogen-bond acceptors (Lipinski definition) is 6. The van der Waals surface area contributed by atoms with E-state index >= 15 is 0 Å². The van der Waals surface area contributed by atoms with Crippen molar-refractivity contribution in [3.8, 4) is 0 Å². The molecule has 0 saturated heterocycles. The number of quaternary nitrogens is 1. The Balaban J connectivity index is 1.61. The van der Waals surface area contributed by atoms with Gasteiger partial charge >= 0.3 is 6.09 Å². The van der Waals surface area contributed by atoms with Gasteiger partial charge < -0.3 is 4.74 Å². The maximum atomic E-state index is 12.8. The Morgan fingerprint density at radius 2 is 1.74 bits per heavy atom. The summed E-state index contributed by atoms with van der Waals surface area (Å²) in [7, 11) is -1.46. The average Bonchev–Trinajstić information content (AvgIpc) is 2.83. The summed E-state index contributed by atoms with van der Waals surface area (Å²) in [5, 5.41) is 6.12. The van der Waals surface area contributed by atoms with E-state index < -0.39 is 10.0 Å². The minimum absolute atomic E-state index is 0.0619. The SMILES string of the molecule is CC[N+](C)(Cc1ccc(N2CCN(S(=O)(=O)CC(C)C)C=N2)cc1)C(=O)OCc1ccccc1. The molecule has 1 unspecified atom stereocenters. The van der Waals surface area contributed by atoms with Gasteiger partial charge in [-0.1, -0.05) is 56.3 Å². The molecule has 184 valence electrons. The number of ether oxygens (including phenoxy) is 1. The van der Waals surface area contributed by atoms with Gasteiger partial charge in [0.05, 0.1) is 38.1 Å². The monoisotopic (exact) mass is 487 g/mol. The number of carbonyl (C=O) groups is 1. The van der Waals surface area contributed by atoms with Crippen LogP contribution in [0.25, 0.3) is 0 Å². The van der Waals surface area contributed by atoms with Crippen molar-refractivity contribution in [2.75, 3.05) is 37.4 Å². The molecule has 0 fully saturated rings. The van der Waals surface area contributed by atoms with Crippen LogP contribution in [0.3, 0.4) is 0 Å². The highest BCUT2D eigenvalue weighted by Gasteiger charge is 2.32. The first-order chi connectivity index (χ1) is 16.1. The van der Waals surface area contributed by atoms with Gasteiger partial charge in [0.1, 0.15) is 19.5 Å². The van der Waals surface area contributed by atoms with Crippen LogP contribution in [0.15, 0.2) is 59.7 Å². The highest BCUT2D eigenvalue weighted by molar-refractivity contribution is 7.89. The van der Waals surface area contributed by atoms with E-state index in [-0.39, 0.29) is 28.9 Å². The summed E-state index contributed by atoms with van der Waals surface area (Å²) < 4.78 is 31.9. The van der Waals surface area contributed by atoms with Gasteiger partial charge in [-0.3, -0.25) is 9.31 Å². The number of carbonyl (C=O) groups excluding carboxylic acids is 1.